The van der Waals surface area contributed by atoms with Gasteiger partial charge in [-0.25, -0.2) is 0 Å². The highest BCUT2D eigenvalue weighted by Gasteiger charge is 1.97. The minimum absolute atomic E-state index is 0.988. The Morgan fingerprint density at radius 1 is 0.944 bits per heavy atom. The first-order chi connectivity index (χ1) is 8.75. The number of thioether (sulfide) groups is 1. The first-order valence-electron chi connectivity index (χ1n) is 6.25. The normalized spacial score (nSPS) is 10.3. The van der Waals surface area contributed by atoms with Crippen LogP contribution in [0.2, 0.25) is 0 Å². The minimum atomic E-state index is 0.988. The van der Waals surface area contributed by atoms with E-state index in [1.165, 1.54) is 21.7 Å². The van der Waals surface area contributed by atoms with Crippen LogP contribution < -0.4 is 5.32 Å². The lowest BCUT2D eigenvalue weighted by atomic mass is 10.2. The van der Waals surface area contributed by atoms with Crippen LogP contribution >= 0.6 is 11.8 Å². The van der Waals surface area contributed by atoms with Crippen molar-refractivity contribution in [2.24, 2.45) is 0 Å². The van der Waals surface area contributed by atoms with E-state index in [2.05, 4.69) is 67.7 Å². The van der Waals surface area contributed by atoms with Crippen LogP contribution in [0.3, 0.4) is 0 Å². The summed E-state index contributed by atoms with van der Waals surface area (Å²) in [4.78, 5) is 1.38. The first-order valence-corrected chi connectivity index (χ1v) is 7.23. The third-order valence-electron chi connectivity index (χ3n) is 2.83. The molecule has 0 fully saturated rings. The molecule has 2 aromatic carbocycles. The SMILES string of the molecule is Cc1ccc(NCCSc2ccccc2C)cc1. The van der Waals surface area contributed by atoms with Crippen molar-refractivity contribution < 1.29 is 0 Å². The second kappa shape index (κ2) is 6.50. The molecule has 0 aliphatic rings. The van der Waals surface area contributed by atoms with E-state index in [0.29, 0.717) is 0 Å². The Labute approximate surface area is 114 Å². The predicted molar refractivity (Wildman–Crippen MR) is 81.6 cm³/mol. The van der Waals surface area contributed by atoms with Gasteiger partial charge in [-0.2, -0.15) is 0 Å². The summed E-state index contributed by atoms with van der Waals surface area (Å²) in [5.41, 5.74) is 3.86. The topological polar surface area (TPSA) is 12.0 Å². The second-order valence-electron chi connectivity index (χ2n) is 4.41. The number of benzene rings is 2. The van der Waals surface area contributed by atoms with Gasteiger partial charge in [0.05, 0.1) is 0 Å². The molecule has 2 rings (SSSR count). The predicted octanol–water partition coefficient (Wildman–Crippen LogP) is 4.51. The number of anilines is 1. The molecule has 0 unspecified atom stereocenters. The monoisotopic (exact) mass is 257 g/mol. The molecular weight excluding hydrogens is 238 g/mol. The summed E-state index contributed by atoms with van der Waals surface area (Å²) in [6, 6.07) is 17.1. The summed E-state index contributed by atoms with van der Waals surface area (Å²) in [6.07, 6.45) is 0. The van der Waals surface area contributed by atoms with Crippen molar-refractivity contribution in [1.82, 2.24) is 0 Å². The fourth-order valence-corrected chi connectivity index (χ4v) is 2.64. The first kappa shape index (κ1) is 13.0. The zero-order valence-electron chi connectivity index (χ0n) is 10.9. The third-order valence-corrected chi connectivity index (χ3v) is 4.01. The molecule has 0 aliphatic carbocycles. The van der Waals surface area contributed by atoms with Crippen LogP contribution in [0.5, 0.6) is 0 Å². The van der Waals surface area contributed by atoms with Gasteiger partial charge in [0, 0.05) is 22.9 Å². The van der Waals surface area contributed by atoms with Crippen molar-refractivity contribution >= 4 is 17.4 Å². The van der Waals surface area contributed by atoms with Gasteiger partial charge in [0.1, 0.15) is 0 Å². The molecule has 0 atom stereocenters. The fraction of sp³-hybridized carbons (Fsp3) is 0.250. The Morgan fingerprint density at radius 3 is 2.39 bits per heavy atom. The molecule has 0 bridgehead atoms. The van der Waals surface area contributed by atoms with Crippen molar-refractivity contribution in [1.29, 1.82) is 0 Å². The maximum absolute atomic E-state index is 3.44. The second-order valence-corrected chi connectivity index (χ2v) is 5.54. The Morgan fingerprint density at radius 2 is 1.67 bits per heavy atom. The lowest BCUT2D eigenvalue weighted by Gasteiger charge is -2.08. The van der Waals surface area contributed by atoms with Crippen LogP contribution in [-0.4, -0.2) is 12.3 Å². The Kier molecular flexibility index (Phi) is 4.71. The van der Waals surface area contributed by atoms with Crippen LogP contribution in [0.15, 0.2) is 53.4 Å². The van der Waals surface area contributed by atoms with Gasteiger partial charge in [0.2, 0.25) is 0 Å². The Hall–Kier alpha value is -1.41. The maximum atomic E-state index is 3.44. The van der Waals surface area contributed by atoms with Crippen molar-refractivity contribution in [2.45, 2.75) is 18.7 Å². The van der Waals surface area contributed by atoms with Crippen molar-refractivity contribution in [3.63, 3.8) is 0 Å². The van der Waals surface area contributed by atoms with E-state index in [4.69, 9.17) is 0 Å². The highest BCUT2D eigenvalue weighted by molar-refractivity contribution is 7.99. The lowest BCUT2D eigenvalue weighted by molar-refractivity contribution is 1.21. The molecule has 1 nitrogen and oxygen atoms in total. The average Bonchev–Trinajstić information content (AvgIpc) is 2.39. The minimum Gasteiger partial charge on any atom is -0.384 e. The summed E-state index contributed by atoms with van der Waals surface area (Å²) >= 11 is 1.91. The molecule has 0 saturated heterocycles. The number of hydrogen-bond acceptors (Lipinski definition) is 2. The summed E-state index contributed by atoms with van der Waals surface area (Å²) in [5, 5.41) is 3.44. The highest BCUT2D eigenvalue weighted by atomic mass is 32.2. The lowest BCUT2D eigenvalue weighted by Crippen LogP contribution is -2.03. The molecule has 0 aliphatic heterocycles. The van der Waals surface area contributed by atoms with Gasteiger partial charge in [-0.15, -0.1) is 11.8 Å². The Bertz CT molecular complexity index is 491. The van der Waals surface area contributed by atoms with E-state index < -0.39 is 0 Å². The molecule has 0 amide bonds. The zero-order valence-corrected chi connectivity index (χ0v) is 11.8. The standard InChI is InChI=1S/C16H19NS/c1-13-7-9-15(10-8-13)17-11-12-18-16-6-4-3-5-14(16)2/h3-10,17H,11-12H2,1-2H3. The van der Waals surface area contributed by atoms with Crippen LogP contribution in [0.1, 0.15) is 11.1 Å². The molecule has 18 heavy (non-hydrogen) atoms. The molecule has 0 radical (unpaired) electrons. The number of aryl methyl sites for hydroxylation is 2. The van der Waals surface area contributed by atoms with Gasteiger partial charge in [0.25, 0.3) is 0 Å². The molecule has 2 aromatic rings. The summed E-state index contributed by atoms with van der Waals surface area (Å²) in [7, 11) is 0. The molecule has 1 N–H and O–H groups in total. The molecule has 0 aromatic heterocycles. The fourth-order valence-electron chi connectivity index (χ4n) is 1.75. The Balaban J connectivity index is 1.76. The molecule has 2 heteroatoms. The number of nitrogens with one attached hydrogen (secondary N) is 1. The molecule has 0 saturated carbocycles. The summed E-state index contributed by atoms with van der Waals surface area (Å²) in [5.74, 6) is 1.08. The van der Waals surface area contributed by atoms with Gasteiger partial charge in [0.15, 0.2) is 0 Å². The van der Waals surface area contributed by atoms with Crippen LogP contribution in [0.25, 0.3) is 0 Å². The maximum Gasteiger partial charge on any atom is 0.0340 e. The van der Waals surface area contributed by atoms with Crippen molar-refractivity contribution in [2.75, 3.05) is 17.6 Å². The van der Waals surface area contributed by atoms with Crippen LogP contribution in [-0.2, 0) is 0 Å². The molecule has 0 spiro atoms. The third kappa shape index (κ3) is 3.81. The van der Waals surface area contributed by atoms with Crippen LogP contribution in [0.4, 0.5) is 5.69 Å². The molecule has 94 valence electrons. The van der Waals surface area contributed by atoms with Gasteiger partial charge in [-0.1, -0.05) is 35.9 Å². The molecule has 0 heterocycles. The van der Waals surface area contributed by atoms with Gasteiger partial charge < -0.3 is 5.32 Å². The van der Waals surface area contributed by atoms with E-state index in [-0.39, 0.29) is 0 Å². The summed E-state index contributed by atoms with van der Waals surface area (Å²) < 4.78 is 0. The number of rotatable bonds is 5. The average molecular weight is 257 g/mol. The summed E-state index contributed by atoms with van der Waals surface area (Å²) in [6.45, 7) is 5.26. The largest absolute Gasteiger partial charge is 0.384 e. The van der Waals surface area contributed by atoms with Crippen molar-refractivity contribution in [3.05, 3.63) is 59.7 Å². The quantitative estimate of drug-likeness (QED) is 0.625. The van der Waals surface area contributed by atoms with Crippen LogP contribution in [0, 0.1) is 13.8 Å². The van der Waals surface area contributed by atoms with E-state index in [1.54, 1.807) is 0 Å². The van der Waals surface area contributed by atoms with E-state index in [0.717, 1.165) is 12.3 Å². The zero-order chi connectivity index (χ0) is 12.8. The van der Waals surface area contributed by atoms with Crippen molar-refractivity contribution in [3.8, 4) is 0 Å². The smallest absolute Gasteiger partial charge is 0.0340 e. The number of hydrogen-bond donors (Lipinski definition) is 1. The highest BCUT2D eigenvalue weighted by Crippen LogP contribution is 2.21. The van der Waals surface area contributed by atoms with Gasteiger partial charge in [-0.05, 0) is 37.6 Å². The molecular formula is C16H19NS. The van der Waals surface area contributed by atoms with E-state index in [9.17, 15) is 0 Å². The van der Waals surface area contributed by atoms with E-state index >= 15 is 0 Å². The van der Waals surface area contributed by atoms with E-state index in [1.807, 2.05) is 11.8 Å². The van der Waals surface area contributed by atoms with Gasteiger partial charge in [-0.3, -0.25) is 0 Å². The van der Waals surface area contributed by atoms with Gasteiger partial charge >= 0.3 is 0 Å².